The molecular formula is C20H22N4O4. The third-order valence-electron chi connectivity index (χ3n) is 3.87. The van der Waals surface area contributed by atoms with E-state index in [0.29, 0.717) is 0 Å². The zero-order valence-electron chi connectivity index (χ0n) is 15.1. The molecule has 0 bridgehead atoms. The van der Waals surface area contributed by atoms with Gasteiger partial charge in [-0.25, -0.2) is 4.79 Å². The number of carbonyl (C=O) groups excluding carboxylic acids is 3. The van der Waals surface area contributed by atoms with Crippen molar-refractivity contribution >= 4 is 24.1 Å². The lowest BCUT2D eigenvalue weighted by molar-refractivity contribution is -0.127. The smallest absolute Gasteiger partial charge is 0.408 e. The van der Waals surface area contributed by atoms with E-state index in [1.807, 2.05) is 48.5 Å². The maximum absolute atomic E-state index is 12.5. The van der Waals surface area contributed by atoms with Crippen LogP contribution in [0.2, 0.25) is 0 Å². The molecule has 0 radical (unpaired) electrons. The van der Waals surface area contributed by atoms with Crippen molar-refractivity contribution in [3.8, 4) is 0 Å². The minimum Gasteiger partial charge on any atom is -0.445 e. The Labute approximate surface area is 162 Å². The first kappa shape index (κ1) is 20.6. The molecule has 28 heavy (non-hydrogen) atoms. The van der Waals surface area contributed by atoms with Gasteiger partial charge in [0.05, 0.1) is 0 Å². The molecule has 2 aromatic rings. The van der Waals surface area contributed by atoms with Crippen LogP contribution in [0.25, 0.3) is 0 Å². The molecule has 2 rings (SSSR count). The van der Waals surface area contributed by atoms with E-state index in [1.165, 1.54) is 0 Å². The molecular weight excluding hydrogens is 360 g/mol. The summed E-state index contributed by atoms with van der Waals surface area (Å²) in [6.45, 7) is 0.0523. The molecule has 5 N–H and O–H groups in total. The van der Waals surface area contributed by atoms with Crippen molar-refractivity contribution in [1.82, 2.24) is 10.6 Å². The van der Waals surface area contributed by atoms with Crippen LogP contribution in [0.4, 0.5) is 4.79 Å². The van der Waals surface area contributed by atoms with Crippen LogP contribution < -0.4 is 16.4 Å². The molecule has 0 aliphatic heterocycles. The third-order valence-corrected chi connectivity index (χ3v) is 3.87. The van der Waals surface area contributed by atoms with Gasteiger partial charge in [0.25, 0.3) is 0 Å². The average Bonchev–Trinajstić information content (AvgIpc) is 2.71. The van der Waals surface area contributed by atoms with Gasteiger partial charge in [0, 0.05) is 12.6 Å². The van der Waals surface area contributed by atoms with Crippen LogP contribution in [0.3, 0.4) is 0 Å². The molecule has 1 unspecified atom stereocenters. The summed E-state index contributed by atoms with van der Waals surface area (Å²) in [7, 11) is 0. The van der Waals surface area contributed by atoms with Gasteiger partial charge in [-0.3, -0.25) is 9.59 Å². The second kappa shape index (κ2) is 10.5. The van der Waals surface area contributed by atoms with Gasteiger partial charge in [0.1, 0.15) is 18.7 Å². The van der Waals surface area contributed by atoms with E-state index >= 15 is 0 Å². The maximum atomic E-state index is 12.5. The number of hydrogen-bond donors (Lipinski definition) is 4. The Morgan fingerprint density at radius 1 is 0.964 bits per heavy atom. The van der Waals surface area contributed by atoms with Crippen molar-refractivity contribution in [1.29, 1.82) is 5.41 Å². The van der Waals surface area contributed by atoms with Crippen LogP contribution >= 0.6 is 0 Å². The molecule has 2 aromatic carbocycles. The number of carbonyl (C=O) groups is 3. The standard InChI is InChI=1S/C20H22N4O4/c21-12-17(18(22)25)23-19(26)16(11-14-7-3-1-4-8-14)24-20(27)28-13-15-9-5-2-6-10-15/h1-10,12,16-17,21H,11,13H2,(H2,22,25)(H,23,26)(H,24,27)/t16-,17?/m0/s1. The highest BCUT2D eigenvalue weighted by Crippen LogP contribution is 2.05. The van der Waals surface area contributed by atoms with Crippen molar-refractivity contribution in [2.45, 2.75) is 25.1 Å². The molecule has 0 saturated heterocycles. The first-order valence-electron chi connectivity index (χ1n) is 8.61. The van der Waals surface area contributed by atoms with E-state index in [0.717, 1.165) is 17.3 Å². The molecule has 0 aromatic heterocycles. The second-order valence-corrected chi connectivity index (χ2v) is 6.00. The van der Waals surface area contributed by atoms with Crippen molar-refractivity contribution in [2.24, 2.45) is 5.73 Å². The Balaban J connectivity index is 2.04. The fourth-order valence-corrected chi connectivity index (χ4v) is 2.41. The van der Waals surface area contributed by atoms with E-state index in [9.17, 15) is 14.4 Å². The van der Waals surface area contributed by atoms with Crippen molar-refractivity contribution < 1.29 is 19.1 Å². The molecule has 8 heteroatoms. The maximum Gasteiger partial charge on any atom is 0.408 e. The van der Waals surface area contributed by atoms with Crippen LogP contribution in [0.15, 0.2) is 60.7 Å². The first-order valence-corrected chi connectivity index (χ1v) is 8.61. The van der Waals surface area contributed by atoms with E-state index in [2.05, 4.69) is 10.6 Å². The summed E-state index contributed by atoms with van der Waals surface area (Å²) in [6.07, 6.45) is 0.134. The summed E-state index contributed by atoms with van der Waals surface area (Å²) in [6, 6.07) is 15.9. The summed E-state index contributed by atoms with van der Waals surface area (Å²) in [5.41, 5.74) is 6.75. The van der Waals surface area contributed by atoms with Gasteiger partial charge >= 0.3 is 6.09 Å². The first-order chi connectivity index (χ1) is 13.5. The van der Waals surface area contributed by atoms with Crippen LogP contribution in [0, 0.1) is 5.41 Å². The molecule has 0 spiro atoms. The lowest BCUT2D eigenvalue weighted by atomic mass is 10.1. The topological polar surface area (TPSA) is 134 Å². The normalized spacial score (nSPS) is 12.3. The summed E-state index contributed by atoms with van der Waals surface area (Å²) in [4.78, 5) is 36.0. The van der Waals surface area contributed by atoms with Crippen LogP contribution in [-0.2, 0) is 27.4 Å². The van der Waals surface area contributed by atoms with Gasteiger partial charge < -0.3 is 26.5 Å². The minimum absolute atomic E-state index is 0.0523. The number of alkyl carbamates (subject to hydrolysis) is 1. The number of benzene rings is 2. The van der Waals surface area contributed by atoms with E-state index in [4.69, 9.17) is 15.9 Å². The van der Waals surface area contributed by atoms with Crippen LogP contribution in [0.1, 0.15) is 11.1 Å². The highest BCUT2D eigenvalue weighted by molar-refractivity contribution is 6.00. The van der Waals surface area contributed by atoms with Gasteiger partial charge in [0.15, 0.2) is 0 Å². The molecule has 2 atom stereocenters. The average molecular weight is 382 g/mol. The SMILES string of the molecule is N=CC(NC(=O)[C@H](Cc1ccccc1)NC(=O)OCc1ccccc1)C(N)=O. The number of rotatable bonds is 9. The predicted molar refractivity (Wildman–Crippen MR) is 104 cm³/mol. The molecule has 0 saturated carbocycles. The van der Waals surface area contributed by atoms with Gasteiger partial charge in [-0.1, -0.05) is 60.7 Å². The van der Waals surface area contributed by atoms with Gasteiger partial charge in [-0.2, -0.15) is 0 Å². The zero-order valence-corrected chi connectivity index (χ0v) is 15.1. The summed E-state index contributed by atoms with van der Waals surface area (Å²) < 4.78 is 5.16. The van der Waals surface area contributed by atoms with Crippen molar-refractivity contribution in [3.05, 3.63) is 71.8 Å². The number of amides is 3. The van der Waals surface area contributed by atoms with Crippen LogP contribution in [0.5, 0.6) is 0 Å². The highest BCUT2D eigenvalue weighted by atomic mass is 16.5. The molecule has 3 amide bonds. The molecule has 0 aliphatic rings. The van der Waals surface area contributed by atoms with Crippen molar-refractivity contribution in [3.63, 3.8) is 0 Å². The predicted octanol–water partition coefficient (Wildman–Crippen LogP) is 1.14. The van der Waals surface area contributed by atoms with E-state index < -0.39 is 30.0 Å². The van der Waals surface area contributed by atoms with E-state index in [1.54, 1.807) is 12.1 Å². The fourth-order valence-electron chi connectivity index (χ4n) is 2.41. The number of ether oxygens (including phenoxy) is 1. The van der Waals surface area contributed by atoms with Gasteiger partial charge in [-0.05, 0) is 11.1 Å². The van der Waals surface area contributed by atoms with Crippen molar-refractivity contribution in [2.75, 3.05) is 0 Å². The van der Waals surface area contributed by atoms with Gasteiger partial charge in [0.2, 0.25) is 11.8 Å². The lowest BCUT2D eigenvalue weighted by Gasteiger charge is -2.20. The lowest BCUT2D eigenvalue weighted by Crippen LogP contribution is -2.54. The second-order valence-electron chi connectivity index (χ2n) is 6.00. The number of hydrogen-bond acceptors (Lipinski definition) is 5. The minimum atomic E-state index is -1.26. The summed E-state index contributed by atoms with van der Waals surface area (Å²) in [5.74, 6) is -1.51. The molecule has 146 valence electrons. The molecule has 0 heterocycles. The summed E-state index contributed by atoms with van der Waals surface area (Å²) in [5, 5.41) is 12.0. The monoisotopic (exact) mass is 382 g/mol. The molecule has 0 fully saturated rings. The summed E-state index contributed by atoms with van der Waals surface area (Å²) >= 11 is 0. The number of nitrogens with two attached hydrogens (primary N) is 1. The zero-order chi connectivity index (χ0) is 20.4. The number of nitrogens with one attached hydrogen (secondary N) is 3. The Morgan fingerprint density at radius 3 is 2.07 bits per heavy atom. The molecule has 8 nitrogen and oxygen atoms in total. The Kier molecular flexibility index (Phi) is 7.71. The highest BCUT2D eigenvalue weighted by Gasteiger charge is 2.25. The van der Waals surface area contributed by atoms with Gasteiger partial charge in [-0.15, -0.1) is 0 Å². The third kappa shape index (κ3) is 6.56. The Morgan fingerprint density at radius 2 is 1.54 bits per heavy atom. The number of primary amides is 1. The Bertz CT molecular complexity index is 811. The Hall–Kier alpha value is -3.68. The quantitative estimate of drug-likeness (QED) is 0.484. The van der Waals surface area contributed by atoms with E-state index in [-0.39, 0.29) is 13.0 Å². The van der Waals surface area contributed by atoms with Crippen LogP contribution in [-0.4, -0.2) is 36.2 Å². The fraction of sp³-hybridized carbons (Fsp3) is 0.200. The molecule has 0 aliphatic carbocycles. The largest absolute Gasteiger partial charge is 0.445 e.